The largest absolute Gasteiger partial charge is 0.463 e. The van der Waals surface area contributed by atoms with Gasteiger partial charge in [-0.3, -0.25) is 9.59 Å². The van der Waals surface area contributed by atoms with Gasteiger partial charge in [-0.25, -0.2) is 0 Å². The van der Waals surface area contributed by atoms with Crippen molar-refractivity contribution in [3.05, 3.63) is 23.7 Å². The van der Waals surface area contributed by atoms with E-state index in [2.05, 4.69) is 5.32 Å². The van der Waals surface area contributed by atoms with E-state index in [-0.39, 0.29) is 18.0 Å². The molecule has 124 valence electrons. The molecule has 2 atom stereocenters. The van der Waals surface area contributed by atoms with Crippen LogP contribution in [-0.4, -0.2) is 29.0 Å². The van der Waals surface area contributed by atoms with Gasteiger partial charge in [0.2, 0.25) is 11.5 Å². The van der Waals surface area contributed by atoms with Gasteiger partial charge in [0.25, 0.3) is 0 Å². The number of Topliss-reactive ketones (excluding diaryl/α,β-unsaturated/α-hetero) is 1. The van der Waals surface area contributed by atoms with Gasteiger partial charge in [-0.2, -0.15) is 13.2 Å². The second-order valence-corrected chi connectivity index (χ2v) is 5.32. The summed E-state index contributed by atoms with van der Waals surface area (Å²) in [4.78, 5) is 22.7. The number of alkyl halides is 3. The fraction of sp³-hybridized carbons (Fsp3) is 0.571. The first-order chi connectivity index (χ1) is 9.95. The lowest BCUT2D eigenvalue weighted by Gasteiger charge is -2.28. The molecular formula is C14H18F3NO4. The Morgan fingerprint density at radius 2 is 1.95 bits per heavy atom. The number of nitrogens with one attached hydrogen (secondary N) is 1. The van der Waals surface area contributed by atoms with Gasteiger partial charge in [0.1, 0.15) is 17.3 Å². The summed E-state index contributed by atoms with van der Waals surface area (Å²) in [5, 5.41) is 12.2. The lowest BCUT2D eigenvalue weighted by Crippen LogP contribution is -2.47. The summed E-state index contributed by atoms with van der Waals surface area (Å²) in [7, 11) is 0. The summed E-state index contributed by atoms with van der Waals surface area (Å²) in [6.07, 6.45) is -6.33. The molecule has 1 aromatic heterocycles. The van der Waals surface area contributed by atoms with Crippen LogP contribution in [0.1, 0.15) is 38.2 Å². The minimum Gasteiger partial charge on any atom is -0.463 e. The first-order valence-electron chi connectivity index (χ1n) is 6.60. The smallest absolute Gasteiger partial charge is 0.425 e. The van der Waals surface area contributed by atoms with Crippen molar-refractivity contribution in [3.63, 3.8) is 0 Å². The summed E-state index contributed by atoms with van der Waals surface area (Å²) >= 11 is 0. The van der Waals surface area contributed by atoms with Gasteiger partial charge in [0.15, 0.2) is 0 Å². The number of hydrogen-bond acceptors (Lipinski definition) is 4. The second kappa shape index (κ2) is 6.51. The molecule has 0 saturated carbocycles. The number of furan rings is 1. The number of amides is 1. The molecule has 0 fully saturated rings. The zero-order valence-electron chi connectivity index (χ0n) is 12.5. The Morgan fingerprint density at radius 1 is 1.36 bits per heavy atom. The zero-order valence-corrected chi connectivity index (χ0v) is 12.5. The number of aryl methyl sites for hydroxylation is 1. The van der Waals surface area contributed by atoms with Crippen LogP contribution in [0.5, 0.6) is 0 Å². The van der Waals surface area contributed by atoms with Gasteiger partial charge < -0.3 is 14.8 Å². The zero-order chi connectivity index (χ0) is 17.1. The van der Waals surface area contributed by atoms with Gasteiger partial charge in [0.05, 0.1) is 6.42 Å². The Hall–Kier alpha value is -1.83. The number of halogens is 3. The molecule has 22 heavy (non-hydrogen) atoms. The molecule has 0 radical (unpaired) electrons. The third-order valence-corrected chi connectivity index (χ3v) is 3.03. The normalized spacial score (nSPS) is 16.0. The second-order valence-electron chi connectivity index (χ2n) is 5.32. The van der Waals surface area contributed by atoms with E-state index < -0.39 is 35.9 Å². The average molecular weight is 321 g/mol. The number of carbonyl (C=O) groups is 2. The van der Waals surface area contributed by atoms with E-state index in [1.165, 1.54) is 26.8 Å². The summed E-state index contributed by atoms with van der Waals surface area (Å²) in [5.41, 5.74) is -3.42. The van der Waals surface area contributed by atoms with Crippen LogP contribution >= 0.6 is 0 Å². The van der Waals surface area contributed by atoms with Crippen LogP contribution in [0.25, 0.3) is 0 Å². The first-order valence-corrected chi connectivity index (χ1v) is 6.60. The molecule has 0 aliphatic heterocycles. The van der Waals surface area contributed by atoms with Gasteiger partial charge >= 0.3 is 6.18 Å². The molecule has 0 aliphatic rings. The Balaban J connectivity index is 2.91. The fourth-order valence-corrected chi connectivity index (χ4v) is 2.02. The van der Waals surface area contributed by atoms with Crippen LogP contribution in [0, 0.1) is 6.92 Å². The molecule has 5 nitrogen and oxygen atoms in total. The summed E-state index contributed by atoms with van der Waals surface area (Å²) in [6, 6.07) is 1.62. The number of carbonyl (C=O) groups excluding carboxylic acids is 2. The molecule has 8 heteroatoms. The Labute approximate surface area is 125 Å². The minimum atomic E-state index is -5.08. The molecule has 1 amide bonds. The highest BCUT2D eigenvalue weighted by atomic mass is 19.4. The first kappa shape index (κ1) is 18.2. The van der Waals surface area contributed by atoms with Crippen molar-refractivity contribution in [1.29, 1.82) is 0 Å². The monoisotopic (exact) mass is 321 g/mol. The van der Waals surface area contributed by atoms with E-state index in [0.29, 0.717) is 0 Å². The van der Waals surface area contributed by atoms with Gasteiger partial charge in [-0.1, -0.05) is 0 Å². The molecule has 2 unspecified atom stereocenters. The Morgan fingerprint density at radius 3 is 2.36 bits per heavy atom. The third kappa shape index (κ3) is 4.33. The van der Waals surface area contributed by atoms with Gasteiger partial charge in [-0.15, -0.1) is 0 Å². The van der Waals surface area contributed by atoms with E-state index in [9.17, 15) is 27.9 Å². The van der Waals surface area contributed by atoms with Crippen LogP contribution in [0.4, 0.5) is 13.2 Å². The number of aliphatic hydroxyl groups is 1. The van der Waals surface area contributed by atoms with Crippen molar-refractivity contribution in [2.45, 2.75) is 51.4 Å². The maximum atomic E-state index is 13.2. The summed E-state index contributed by atoms with van der Waals surface area (Å²) < 4.78 is 44.3. The maximum absolute atomic E-state index is 13.2. The highest BCUT2D eigenvalue weighted by Gasteiger charge is 2.58. The van der Waals surface area contributed by atoms with Crippen LogP contribution in [0.2, 0.25) is 0 Å². The van der Waals surface area contributed by atoms with Crippen molar-refractivity contribution in [2.75, 3.05) is 0 Å². The molecule has 0 aromatic carbocycles. The highest BCUT2D eigenvalue weighted by Crippen LogP contribution is 2.42. The van der Waals surface area contributed by atoms with Gasteiger partial charge in [0, 0.05) is 12.5 Å². The lowest BCUT2D eigenvalue weighted by molar-refractivity contribution is -0.273. The predicted molar refractivity (Wildman–Crippen MR) is 70.9 cm³/mol. The topological polar surface area (TPSA) is 79.5 Å². The number of hydrogen-bond donors (Lipinski definition) is 2. The fourth-order valence-electron chi connectivity index (χ4n) is 2.02. The van der Waals surface area contributed by atoms with Crippen LogP contribution in [-0.2, 0) is 15.2 Å². The molecule has 1 heterocycles. The number of rotatable bonds is 6. The quantitative estimate of drug-likeness (QED) is 0.842. The lowest BCUT2D eigenvalue weighted by atomic mass is 9.95. The Kier molecular flexibility index (Phi) is 5.39. The minimum absolute atomic E-state index is 0.00392. The number of ketones is 1. The van der Waals surface area contributed by atoms with Crippen molar-refractivity contribution in [2.24, 2.45) is 0 Å². The van der Waals surface area contributed by atoms with E-state index in [1.54, 1.807) is 0 Å². The molecule has 0 spiro atoms. The summed E-state index contributed by atoms with van der Waals surface area (Å²) in [5.74, 6) is -1.79. The van der Waals surface area contributed by atoms with Gasteiger partial charge in [-0.05, 0) is 32.9 Å². The van der Waals surface area contributed by atoms with E-state index in [0.717, 1.165) is 6.07 Å². The van der Waals surface area contributed by atoms with Crippen molar-refractivity contribution < 1.29 is 32.3 Å². The molecule has 0 bridgehead atoms. The standard InChI is InChI=1S/C14H18F3NO4/c1-8(6-9(2)19)18-12(20)7-13(21,14(15,16)17)11-5-4-10(3)22-11/h4-5,8,21H,6-7H2,1-3H3,(H,18,20). The van der Waals surface area contributed by atoms with Crippen molar-refractivity contribution in [1.82, 2.24) is 5.32 Å². The SMILES string of the molecule is CC(=O)CC(C)NC(=O)CC(O)(c1ccc(C)o1)C(F)(F)F. The molecular weight excluding hydrogens is 303 g/mol. The molecule has 0 saturated heterocycles. The molecule has 2 N–H and O–H groups in total. The van der Waals surface area contributed by atoms with E-state index in [1.807, 2.05) is 0 Å². The molecule has 1 aromatic rings. The van der Waals surface area contributed by atoms with Crippen molar-refractivity contribution >= 4 is 11.7 Å². The van der Waals surface area contributed by atoms with E-state index in [4.69, 9.17) is 4.42 Å². The third-order valence-electron chi connectivity index (χ3n) is 3.03. The van der Waals surface area contributed by atoms with Crippen LogP contribution < -0.4 is 5.32 Å². The Bertz CT molecular complexity index is 553. The highest BCUT2D eigenvalue weighted by molar-refractivity contribution is 5.80. The van der Waals surface area contributed by atoms with Crippen molar-refractivity contribution in [3.8, 4) is 0 Å². The molecule has 1 rings (SSSR count). The average Bonchev–Trinajstić information content (AvgIpc) is 2.72. The predicted octanol–water partition coefficient (Wildman–Crippen LogP) is 2.21. The van der Waals surface area contributed by atoms with Crippen LogP contribution in [0.3, 0.4) is 0 Å². The van der Waals surface area contributed by atoms with Crippen LogP contribution in [0.15, 0.2) is 16.5 Å². The molecule has 0 aliphatic carbocycles. The summed E-state index contributed by atoms with van der Waals surface area (Å²) in [6.45, 7) is 4.22. The van der Waals surface area contributed by atoms with E-state index >= 15 is 0 Å². The maximum Gasteiger partial charge on any atom is 0.425 e.